The largest absolute Gasteiger partial charge is 0.495 e. The minimum Gasteiger partial charge on any atom is -0.495 e. The topological polar surface area (TPSA) is 72.9 Å². The van der Waals surface area contributed by atoms with Crippen molar-refractivity contribution in [1.82, 2.24) is 0 Å². The van der Waals surface area contributed by atoms with Crippen molar-refractivity contribution in [2.75, 3.05) is 25.1 Å². The predicted molar refractivity (Wildman–Crippen MR) is 110 cm³/mol. The highest BCUT2D eigenvalue weighted by atomic mass is 35.5. The first kappa shape index (κ1) is 22.3. The van der Waals surface area contributed by atoms with Gasteiger partial charge in [-0.3, -0.25) is 9.10 Å². The standard InChI is InChI=1S/C19H21Cl2NO5S/c1-12(2)13-5-7-14(8-6-13)22(11-17(23)27-4)28(24,25)16-10-9-15(26-3)18(20)19(16)21/h5-10,12H,11H2,1-4H3. The monoisotopic (exact) mass is 445 g/mol. The summed E-state index contributed by atoms with van der Waals surface area (Å²) in [5.41, 5.74) is 1.34. The summed E-state index contributed by atoms with van der Waals surface area (Å²) < 4.78 is 37.3. The number of anilines is 1. The highest BCUT2D eigenvalue weighted by molar-refractivity contribution is 7.93. The molecule has 0 radical (unpaired) electrons. The minimum atomic E-state index is -4.21. The molecule has 2 aromatic rings. The van der Waals surface area contributed by atoms with E-state index in [9.17, 15) is 13.2 Å². The summed E-state index contributed by atoms with van der Waals surface area (Å²) in [5.74, 6) is -0.201. The van der Waals surface area contributed by atoms with Crippen LogP contribution >= 0.6 is 23.2 Å². The summed E-state index contributed by atoms with van der Waals surface area (Å²) in [6.07, 6.45) is 0. The van der Waals surface area contributed by atoms with E-state index in [1.807, 2.05) is 26.0 Å². The van der Waals surface area contributed by atoms with Gasteiger partial charge in [0.25, 0.3) is 10.0 Å². The highest BCUT2D eigenvalue weighted by Gasteiger charge is 2.31. The Morgan fingerprint density at radius 1 is 1.04 bits per heavy atom. The lowest BCUT2D eigenvalue weighted by molar-refractivity contribution is -0.138. The Balaban J connectivity index is 2.59. The molecule has 2 aromatic carbocycles. The molecule has 9 heteroatoms. The Bertz CT molecular complexity index is 959. The molecule has 2 rings (SSSR count). The fourth-order valence-corrected chi connectivity index (χ4v) is 4.74. The average Bonchev–Trinajstić information content (AvgIpc) is 2.67. The van der Waals surface area contributed by atoms with Crippen molar-refractivity contribution >= 4 is 44.9 Å². The van der Waals surface area contributed by atoms with E-state index >= 15 is 0 Å². The third-order valence-corrected chi connectivity index (χ3v) is 6.94. The van der Waals surface area contributed by atoms with Gasteiger partial charge < -0.3 is 9.47 Å². The summed E-state index contributed by atoms with van der Waals surface area (Å²) in [5, 5.41) is -0.215. The molecule has 0 aliphatic rings. The van der Waals surface area contributed by atoms with Crippen molar-refractivity contribution in [2.45, 2.75) is 24.7 Å². The highest BCUT2D eigenvalue weighted by Crippen LogP contribution is 2.38. The SMILES string of the molecule is COC(=O)CN(c1ccc(C(C)C)cc1)S(=O)(=O)c1ccc(OC)c(Cl)c1Cl. The molecule has 28 heavy (non-hydrogen) atoms. The van der Waals surface area contributed by atoms with Gasteiger partial charge in [-0.15, -0.1) is 0 Å². The fraction of sp³-hybridized carbons (Fsp3) is 0.316. The number of benzene rings is 2. The zero-order valence-corrected chi connectivity index (χ0v) is 18.2. The molecule has 0 aliphatic heterocycles. The molecule has 0 saturated heterocycles. The maximum atomic E-state index is 13.3. The molecule has 152 valence electrons. The van der Waals surface area contributed by atoms with Crippen LogP contribution in [-0.4, -0.2) is 35.2 Å². The van der Waals surface area contributed by atoms with Crippen LogP contribution in [0.3, 0.4) is 0 Å². The molecule has 0 atom stereocenters. The number of hydrogen-bond acceptors (Lipinski definition) is 5. The molecule has 0 aliphatic carbocycles. The molecular weight excluding hydrogens is 425 g/mol. The second-order valence-electron chi connectivity index (χ2n) is 6.23. The number of hydrogen-bond donors (Lipinski definition) is 0. The molecule has 0 spiro atoms. The number of carbonyl (C=O) groups is 1. The van der Waals surface area contributed by atoms with E-state index in [1.54, 1.807) is 12.1 Å². The number of halogens is 2. The van der Waals surface area contributed by atoms with E-state index in [4.69, 9.17) is 27.9 Å². The Kier molecular flexibility index (Phi) is 7.20. The number of methoxy groups -OCH3 is 2. The van der Waals surface area contributed by atoms with Crippen molar-refractivity contribution in [2.24, 2.45) is 0 Å². The molecule has 0 saturated carbocycles. The number of rotatable bonds is 7. The van der Waals surface area contributed by atoms with Gasteiger partial charge in [0.15, 0.2) is 0 Å². The van der Waals surface area contributed by atoms with Crippen LogP contribution in [0.2, 0.25) is 10.0 Å². The van der Waals surface area contributed by atoms with Crippen molar-refractivity contribution in [3.63, 3.8) is 0 Å². The summed E-state index contributed by atoms with van der Waals surface area (Å²) >= 11 is 12.3. The lowest BCUT2D eigenvalue weighted by Crippen LogP contribution is -2.36. The van der Waals surface area contributed by atoms with E-state index in [0.717, 1.165) is 9.87 Å². The van der Waals surface area contributed by atoms with Gasteiger partial charge in [0.05, 0.1) is 24.9 Å². The first-order valence-electron chi connectivity index (χ1n) is 8.35. The smallest absolute Gasteiger partial charge is 0.326 e. The van der Waals surface area contributed by atoms with Crippen molar-refractivity contribution in [3.05, 3.63) is 52.0 Å². The zero-order chi connectivity index (χ0) is 21.1. The number of ether oxygens (including phenoxy) is 2. The second kappa shape index (κ2) is 9.03. The number of esters is 1. The Labute approximate surface area is 175 Å². The zero-order valence-electron chi connectivity index (χ0n) is 15.9. The van der Waals surface area contributed by atoms with Crippen molar-refractivity contribution in [3.8, 4) is 5.75 Å². The van der Waals surface area contributed by atoms with Gasteiger partial charge >= 0.3 is 5.97 Å². The third-order valence-electron chi connectivity index (χ3n) is 4.15. The number of carbonyl (C=O) groups excluding carboxylic acids is 1. The average molecular weight is 446 g/mol. The quantitative estimate of drug-likeness (QED) is 0.586. The summed E-state index contributed by atoms with van der Waals surface area (Å²) in [7, 11) is -1.63. The van der Waals surface area contributed by atoms with E-state index in [-0.39, 0.29) is 26.6 Å². The first-order chi connectivity index (χ1) is 13.1. The van der Waals surface area contributed by atoms with Crippen LogP contribution in [0, 0.1) is 0 Å². The van der Waals surface area contributed by atoms with E-state index in [2.05, 4.69) is 4.74 Å². The minimum absolute atomic E-state index is 0.0292. The predicted octanol–water partition coefficient (Wildman–Crippen LogP) is 4.49. The van der Waals surface area contributed by atoms with Gasteiger partial charge in [0.1, 0.15) is 22.2 Å². The lowest BCUT2D eigenvalue weighted by Gasteiger charge is -2.24. The molecule has 0 unspecified atom stereocenters. The normalized spacial score (nSPS) is 11.4. The van der Waals surface area contributed by atoms with Gasteiger partial charge in [0, 0.05) is 0 Å². The maximum Gasteiger partial charge on any atom is 0.326 e. The fourth-order valence-electron chi connectivity index (χ4n) is 2.51. The first-order valence-corrected chi connectivity index (χ1v) is 10.5. The van der Waals surface area contributed by atoms with Crippen LogP contribution < -0.4 is 9.04 Å². The van der Waals surface area contributed by atoms with Gasteiger partial charge in [0.2, 0.25) is 0 Å². The third kappa shape index (κ3) is 4.54. The Hall–Kier alpha value is -1.96. The second-order valence-corrected chi connectivity index (χ2v) is 8.81. The van der Waals surface area contributed by atoms with Crippen LogP contribution in [0.5, 0.6) is 5.75 Å². The van der Waals surface area contributed by atoms with Gasteiger partial charge in [-0.2, -0.15) is 0 Å². The molecular formula is C19H21Cl2NO5S. The van der Waals surface area contributed by atoms with E-state index < -0.39 is 22.5 Å². The van der Waals surface area contributed by atoms with Gasteiger partial charge in [-0.1, -0.05) is 49.2 Å². The maximum absolute atomic E-state index is 13.3. The molecule has 6 nitrogen and oxygen atoms in total. The van der Waals surface area contributed by atoms with Crippen LogP contribution in [0.25, 0.3) is 0 Å². The van der Waals surface area contributed by atoms with Gasteiger partial charge in [-0.05, 0) is 35.7 Å². The van der Waals surface area contributed by atoms with E-state index in [0.29, 0.717) is 5.69 Å². The molecule has 0 fully saturated rings. The summed E-state index contributed by atoms with van der Waals surface area (Å²) in [6, 6.07) is 9.57. The molecule has 0 bridgehead atoms. The molecule has 0 aromatic heterocycles. The van der Waals surface area contributed by atoms with Crippen LogP contribution in [0.15, 0.2) is 41.3 Å². The van der Waals surface area contributed by atoms with Crippen molar-refractivity contribution < 1.29 is 22.7 Å². The number of nitrogens with zero attached hydrogens (tertiary/aromatic N) is 1. The summed E-state index contributed by atoms with van der Waals surface area (Å²) in [6.45, 7) is 3.54. The lowest BCUT2D eigenvalue weighted by atomic mass is 10.0. The van der Waals surface area contributed by atoms with Gasteiger partial charge in [-0.25, -0.2) is 8.42 Å². The number of sulfonamides is 1. The molecule has 0 amide bonds. The van der Waals surface area contributed by atoms with Crippen LogP contribution in [0.4, 0.5) is 5.69 Å². The Morgan fingerprint density at radius 2 is 1.64 bits per heavy atom. The molecule has 0 heterocycles. The van der Waals surface area contributed by atoms with E-state index in [1.165, 1.54) is 26.4 Å². The van der Waals surface area contributed by atoms with Crippen LogP contribution in [0.1, 0.15) is 25.3 Å². The Morgan fingerprint density at radius 3 is 2.14 bits per heavy atom. The summed E-state index contributed by atoms with van der Waals surface area (Å²) in [4.78, 5) is 11.7. The van der Waals surface area contributed by atoms with Crippen molar-refractivity contribution in [1.29, 1.82) is 0 Å². The molecule has 0 N–H and O–H groups in total. The van der Waals surface area contributed by atoms with Crippen LogP contribution in [-0.2, 0) is 19.6 Å².